The molecule has 114 valence electrons. The molecule has 3 aromatic rings. The highest BCUT2D eigenvalue weighted by Gasteiger charge is 2.24. The molecule has 0 fully saturated rings. The van der Waals surface area contributed by atoms with E-state index in [1.54, 1.807) is 41.1 Å². The molecule has 0 aliphatic heterocycles. The molecule has 1 aromatic carbocycles. The molecule has 23 heavy (non-hydrogen) atoms. The van der Waals surface area contributed by atoms with Crippen LogP contribution in [-0.4, -0.2) is 27.3 Å². The van der Waals surface area contributed by atoms with Gasteiger partial charge in [-0.1, -0.05) is 13.0 Å². The molecule has 3 rings (SSSR count). The van der Waals surface area contributed by atoms with Crippen molar-refractivity contribution in [1.82, 2.24) is 14.4 Å². The van der Waals surface area contributed by atoms with Crippen molar-refractivity contribution in [2.75, 3.05) is 7.11 Å². The highest BCUT2D eigenvalue weighted by atomic mass is 16.5. The number of carbonyl (C=O) groups excluding carboxylic acids is 1. The Kier molecular flexibility index (Phi) is 3.77. The van der Waals surface area contributed by atoms with Gasteiger partial charge in [-0.15, -0.1) is 0 Å². The Morgan fingerprint density at radius 3 is 2.91 bits per heavy atom. The Morgan fingerprint density at radius 1 is 1.39 bits per heavy atom. The standard InChI is InChI=1S/C17H14N4O2/c1-3-13-14(21-9-5-8-19-17(21)20-13)15(22)12-7-4-6-11(10-18)16(12)23-2/h4-9H,3H2,1-2H3. The van der Waals surface area contributed by atoms with E-state index in [4.69, 9.17) is 4.74 Å². The lowest BCUT2D eigenvalue weighted by Gasteiger charge is -2.09. The van der Waals surface area contributed by atoms with Gasteiger partial charge in [0.25, 0.3) is 0 Å². The molecule has 2 heterocycles. The van der Waals surface area contributed by atoms with Crippen LogP contribution >= 0.6 is 0 Å². The van der Waals surface area contributed by atoms with E-state index in [0.29, 0.717) is 34.7 Å². The van der Waals surface area contributed by atoms with Crippen LogP contribution in [0.2, 0.25) is 0 Å². The summed E-state index contributed by atoms with van der Waals surface area (Å²) >= 11 is 0. The zero-order valence-corrected chi connectivity index (χ0v) is 12.8. The van der Waals surface area contributed by atoms with Crippen molar-refractivity contribution in [3.63, 3.8) is 0 Å². The van der Waals surface area contributed by atoms with Crippen LogP contribution in [0.25, 0.3) is 5.78 Å². The Hall–Kier alpha value is -3.20. The van der Waals surface area contributed by atoms with Gasteiger partial charge >= 0.3 is 0 Å². The zero-order chi connectivity index (χ0) is 16.4. The van der Waals surface area contributed by atoms with Crippen LogP contribution in [0.1, 0.15) is 34.2 Å². The summed E-state index contributed by atoms with van der Waals surface area (Å²) in [4.78, 5) is 21.7. The highest BCUT2D eigenvalue weighted by Crippen LogP contribution is 2.27. The molecular formula is C17H14N4O2. The van der Waals surface area contributed by atoms with Gasteiger partial charge in [0.15, 0.2) is 0 Å². The summed E-state index contributed by atoms with van der Waals surface area (Å²) in [5.74, 6) is 0.514. The molecule has 0 aliphatic rings. The van der Waals surface area contributed by atoms with E-state index < -0.39 is 0 Å². The second-order valence-corrected chi connectivity index (χ2v) is 4.88. The van der Waals surface area contributed by atoms with Crippen LogP contribution < -0.4 is 4.74 Å². The van der Waals surface area contributed by atoms with E-state index in [-0.39, 0.29) is 11.5 Å². The molecule has 0 saturated heterocycles. The average molecular weight is 306 g/mol. The lowest BCUT2D eigenvalue weighted by molar-refractivity contribution is 0.102. The number of benzene rings is 1. The fourth-order valence-corrected chi connectivity index (χ4v) is 2.57. The number of rotatable bonds is 4. The smallest absolute Gasteiger partial charge is 0.234 e. The molecule has 0 N–H and O–H groups in total. The molecule has 0 atom stereocenters. The molecule has 6 nitrogen and oxygen atoms in total. The van der Waals surface area contributed by atoms with E-state index in [1.807, 2.05) is 13.0 Å². The van der Waals surface area contributed by atoms with Crippen LogP contribution in [0, 0.1) is 11.3 Å². The molecule has 6 heteroatoms. The third-order valence-corrected chi connectivity index (χ3v) is 3.61. The van der Waals surface area contributed by atoms with Crippen molar-refractivity contribution in [3.05, 3.63) is 59.2 Å². The summed E-state index contributed by atoms with van der Waals surface area (Å²) in [6.07, 6.45) is 3.99. The van der Waals surface area contributed by atoms with Crippen molar-refractivity contribution < 1.29 is 9.53 Å². The number of nitriles is 1. The first kappa shape index (κ1) is 14.7. The number of ether oxygens (including phenoxy) is 1. The van der Waals surface area contributed by atoms with Crippen molar-refractivity contribution in [2.24, 2.45) is 0 Å². The first-order valence-corrected chi connectivity index (χ1v) is 7.15. The van der Waals surface area contributed by atoms with Gasteiger partial charge < -0.3 is 4.74 Å². The van der Waals surface area contributed by atoms with Crippen LogP contribution in [-0.2, 0) is 6.42 Å². The van der Waals surface area contributed by atoms with Crippen molar-refractivity contribution in [1.29, 1.82) is 5.26 Å². The highest BCUT2D eigenvalue weighted by molar-refractivity contribution is 6.11. The fraction of sp³-hybridized carbons (Fsp3) is 0.176. The maximum atomic E-state index is 13.1. The lowest BCUT2D eigenvalue weighted by Crippen LogP contribution is -2.10. The quantitative estimate of drug-likeness (QED) is 0.691. The molecule has 0 amide bonds. The second kappa shape index (κ2) is 5.89. The monoisotopic (exact) mass is 306 g/mol. The van der Waals surface area contributed by atoms with Crippen LogP contribution in [0.15, 0.2) is 36.7 Å². The molecule has 0 bridgehead atoms. The van der Waals surface area contributed by atoms with Gasteiger partial charge in [0.2, 0.25) is 11.6 Å². The number of aromatic nitrogens is 3. The summed E-state index contributed by atoms with van der Waals surface area (Å²) in [5, 5.41) is 9.19. The van der Waals surface area contributed by atoms with Crippen LogP contribution in [0.4, 0.5) is 0 Å². The number of hydrogen-bond donors (Lipinski definition) is 0. The number of nitrogens with zero attached hydrogens (tertiary/aromatic N) is 4. The average Bonchev–Trinajstić information content (AvgIpc) is 2.98. The van der Waals surface area contributed by atoms with E-state index >= 15 is 0 Å². The number of imidazole rings is 1. The predicted octanol–water partition coefficient (Wildman–Crippen LogP) is 2.40. The number of para-hydroxylation sites is 1. The Balaban J connectivity index is 2.25. The van der Waals surface area contributed by atoms with Gasteiger partial charge in [-0.05, 0) is 24.6 Å². The Bertz CT molecular complexity index is 937. The fourth-order valence-electron chi connectivity index (χ4n) is 2.57. The molecule has 0 spiro atoms. The molecule has 2 aromatic heterocycles. The number of aryl methyl sites for hydroxylation is 1. The van der Waals surface area contributed by atoms with E-state index in [2.05, 4.69) is 9.97 Å². The Labute approximate surface area is 133 Å². The molecule has 0 aliphatic carbocycles. The minimum atomic E-state index is -0.240. The molecule has 0 radical (unpaired) electrons. The summed E-state index contributed by atoms with van der Waals surface area (Å²) in [7, 11) is 1.45. The lowest BCUT2D eigenvalue weighted by atomic mass is 10.0. The third-order valence-electron chi connectivity index (χ3n) is 3.61. The zero-order valence-electron chi connectivity index (χ0n) is 12.8. The SMILES string of the molecule is CCc1nc2ncccn2c1C(=O)c1cccc(C#N)c1OC. The number of fused-ring (bicyclic) bond motifs is 1. The number of ketones is 1. The summed E-state index contributed by atoms with van der Waals surface area (Å²) < 4.78 is 6.95. The van der Waals surface area contributed by atoms with Crippen LogP contribution in [0.3, 0.4) is 0 Å². The minimum Gasteiger partial charge on any atom is -0.495 e. The maximum absolute atomic E-state index is 13.1. The van der Waals surface area contributed by atoms with Gasteiger partial charge in [0.05, 0.1) is 23.9 Å². The summed E-state index contributed by atoms with van der Waals surface area (Å²) in [6.45, 7) is 1.93. The first-order valence-electron chi connectivity index (χ1n) is 7.15. The second-order valence-electron chi connectivity index (χ2n) is 4.88. The van der Waals surface area contributed by atoms with Gasteiger partial charge in [-0.25, -0.2) is 9.97 Å². The van der Waals surface area contributed by atoms with Crippen LogP contribution in [0.5, 0.6) is 5.75 Å². The van der Waals surface area contributed by atoms with Gasteiger partial charge in [-0.3, -0.25) is 9.20 Å². The van der Waals surface area contributed by atoms with E-state index in [9.17, 15) is 10.1 Å². The maximum Gasteiger partial charge on any atom is 0.234 e. The molecule has 0 saturated carbocycles. The number of methoxy groups -OCH3 is 1. The van der Waals surface area contributed by atoms with Crippen molar-refractivity contribution in [2.45, 2.75) is 13.3 Å². The van der Waals surface area contributed by atoms with E-state index in [1.165, 1.54) is 7.11 Å². The first-order chi connectivity index (χ1) is 11.2. The van der Waals surface area contributed by atoms with Gasteiger partial charge in [0, 0.05) is 12.4 Å². The molecular weight excluding hydrogens is 292 g/mol. The summed E-state index contributed by atoms with van der Waals surface area (Å²) in [5.41, 5.74) is 1.78. The molecule has 0 unspecified atom stereocenters. The largest absolute Gasteiger partial charge is 0.495 e. The predicted molar refractivity (Wildman–Crippen MR) is 83.5 cm³/mol. The third kappa shape index (κ3) is 2.32. The topological polar surface area (TPSA) is 80.3 Å². The van der Waals surface area contributed by atoms with Crippen molar-refractivity contribution >= 4 is 11.6 Å². The van der Waals surface area contributed by atoms with E-state index in [0.717, 1.165) is 0 Å². The normalized spacial score (nSPS) is 10.5. The number of hydrogen-bond acceptors (Lipinski definition) is 5. The van der Waals surface area contributed by atoms with Crippen molar-refractivity contribution in [3.8, 4) is 11.8 Å². The summed E-state index contributed by atoms with van der Waals surface area (Å²) in [6, 6.07) is 8.72. The minimum absolute atomic E-state index is 0.240. The van der Waals surface area contributed by atoms with Gasteiger partial charge in [-0.2, -0.15) is 5.26 Å². The number of carbonyl (C=O) groups is 1. The van der Waals surface area contributed by atoms with Gasteiger partial charge in [0.1, 0.15) is 17.5 Å². The Morgan fingerprint density at radius 2 is 2.22 bits per heavy atom.